The van der Waals surface area contributed by atoms with Crippen LogP contribution in [-0.2, 0) is 10.1 Å². The second-order valence-electron chi connectivity index (χ2n) is 4.08. The first kappa shape index (κ1) is 14.0. The fraction of sp³-hybridized carbons (Fsp3) is 0.0769. The average molecular weight is 293 g/mol. The fourth-order valence-corrected chi connectivity index (χ4v) is 2.66. The molecule has 2 rings (SSSR count). The van der Waals surface area contributed by atoms with Crippen LogP contribution in [0.1, 0.15) is 5.56 Å². The highest BCUT2D eigenvalue weighted by Gasteiger charge is 2.22. The van der Waals surface area contributed by atoms with Gasteiger partial charge in [-0.15, -0.1) is 0 Å². The summed E-state index contributed by atoms with van der Waals surface area (Å²) in [4.78, 5) is 10.1. The number of rotatable bonds is 4. The lowest BCUT2D eigenvalue weighted by Gasteiger charge is -2.07. The van der Waals surface area contributed by atoms with E-state index in [2.05, 4.69) is 0 Å². The van der Waals surface area contributed by atoms with E-state index < -0.39 is 20.7 Å². The quantitative estimate of drug-likeness (QED) is 0.491. The largest absolute Gasteiger partial charge is 0.372 e. The Bertz CT molecular complexity index is 755. The summed E-state index contributed by atoms with van der Waals surface area (Å²) in [6.07, 6.45) is 0. The number of para-hydroxylation sites is 2. The molecule has 20 heavy (non-hydrogen) atoms. The number of nitro groups is 1. The third-order valence-electron chi connectivity index (χ3n) is 2.54. The van der Waals surface area contributed by atoms with Crippen LogP contribution in [0.4, 0.5) is 5.69 Å². The molecule has 0 atom stereocenters. The van der Waals surface area contributed by atoms with Crippen molar-refractivity contribution in [2.45, 2.75) is 11.8 Å². The van der Waals surface area contributed by atoms with Gasteiger partial charge in [-0.2, -0.15) is 8.42 Å². The van der Waals surface area contributed by atoms with E-state index in [4.69, 9.17) is 4.18 Å². The van der Waals surface area contributed by atoms with E-state index in [1.165, 1.54) is 36.4 Å². The second kappa shape index (κ2) is 5.30. The fourth-order valence-electron chi connectivity index (χ4n) is 1.62. The first-order chi connectivity index (χ1) is 9.40. The molecule has 2 aromatic carbocycles. The average Bonchev–Trinajstić information content (AvgIpc) is 2.38. The number of aryl methyl sites for hydroxylation is 1. The van der Waals surface area contributed by atoms with Crippen molar-refractivity contribution in [3.8, 4) is 5.75 Å². The highest BCUT2D eigenvalue weighted by molar-refractivity contribution is 7.87. The summed E-state index contributed by atoms with van der Waals surface area (Å²) in [6, 6.07) is 11.4. The molecule has 0 aliphatic heterocycles. The second-order valence-corrected chi connectivity index (χ2v) is 5.63. The van der Waals surface area contributed by atoms with Gasteiger partial charge in [0.15, 0.2) is 0 Å². The smallest absolute Gasteiger partial charge is 0.339 e. The van der Waals surface area contributed by atoms with Crippen molar-refractivity contribution >= 4 is 15.8 Å². The molecule has 0 aliphatic rings. The van der Waals surface area contributed by atoms with Crippen LogP contribution in [0, 0.1) is 17.0 Å². The third kappa shape index (κ3) is 2.94. The first-order valence-corrected chi connectivity index (χ1v) is 7.05. The standard InChI is InChI=1S/C13H11NO5S/c1-10-5-4-6-11(9-10)20(17,18)19-13-8-3-2-7-12(13)14(15)16/h2-9H,1H3. The molecule has 104 valence electrons. The van der Waals surface area contributed by atoms with Gasteiger partial charge >= 0.3 is 15.8 Å². The zero-order valence-electron chi connectivity index (χ0n) is 10.5. The van der Waals surface area contributed by atoms with Gasteiger partial charge in [0, 0.05) is 6.07 Å². The van der Waals surface area contributed by atoms with Gasteiger partial charge in [0.1, 0.15) is 4.90 Å². The van der Waals surface area contributed by atoms with Crippen molar-refractivity contribution in [1.82, 2.24) is 0 Å². The zero-order valence-corrected chi connectivity index (χ0v) is 11.3. The summed E-state index contributed by atoms with van der Waals surface area (Å²) in [5.74, 6) is -0.306. The molecule has 0 bridgehead atoms. The molecule has 0 fully saturated rings. The Morgan fingerprint density at radius 1 is 1.10 bits per heavy atom. The highest BCUT2D eigenvalue weighted by Crippen LogP contribution is 2.29. The monoisotopic (exact) mass is 293 g/mol. The van der Waals surface area contributed by atoms with E-state index in [0.717, 1.165) is 5.56 Å². The van der Waals surface area contributed by atoms with Crippen LogP contribution in [0.3, 0.4) is 0 Å². The summed E-state index contributed by atoms with van der Waals surface area (Å²) >= 11 is 0. The van der Waals surface area contributed by atoms with E-state index in [1.54, 1.807) is 19.1 Å². The van der Waals surface area contributed by atoms with Crippen LogP contribution < -0.4 is 4.18 Å². The van der Waals surface area contributed by atoms with Gasteiger partial charge in [0.2, 0.25) is 5.75 Å². The molecule has 6 nitrogen and oxygen atoms in total. The van der Waals surface area contributed by atoms with Crippen LogP contribution in [-0.4, -0.2) is 13.3 Å². The number of benzene rings is 2. The Balaban J connectivity index is 2.41. The van der Waals surface area contributed by atoms with Crippen molar-refractivity contribution in [2.75, 3.05) is 0 Å². The minimum Gasteiger partial charge on any atom is -0.372 e. The van der Waals surface area contributed by atoms with E-state index in [1.807, 2.05) is 0 Å². The highest BCUT2D eigenvalue weighted by atomic mass is 32.2. The molecule has 0 radical (unpaired) electrons. The molecule has 0 aromatic heterocycles. The van der Waals surface area contributed by atoms with E-state index in [9.17, 15) is 18.5 Å². The number of nitrogens with zero attached hydrogens (tertiary/aromatic N) is 1. The van der Waals surface area contributed by atoms with Crippen LogP contribution in [0.25, 0.3) is 0 Å². The van der Waals surface area contributed by atoms with E-state index in [-0.39, 0.29) is 10.6 Å². The van der Waals surface area contributed by atoms with Gasteiger partial charge in [0.25, 0.3) is 0 Å². The minimum atomic E-state index is -4.10. The topological polar surface area (TPSA) is 86.5 Å². The Morgan fingerprint density at radius 3 is 2.45 bits per heavy atom. The van der Waals surface area contributed by atoms with Crippen LogP contribution in [0.15, 0.2) is 53.4 Å². The summed E-state index contributed by atoms with van der Waals surface area (Å²) in [6.45, 7) is 1.74. The van der Waals surface area contributed by atoms with Crippen LogP contribution >= 0.6 is 0 Å². The van der Waals surface area contributed by atoms with E-state index in [0.29, 0.717) is 0 Å². The Labute approximate surface area is 115 Å². The van der Waals surface area contributed by atoms with Crippen LogP contribution in [0.2, 0.25) is 0 Å². The van der Waals surface area contributed by atoms with Crippen molar-refractivity contribution in [2.24, 2.45) is 0 Å². The molecule has 0 amide bonds. The normalized spacial score (nSPS) is 11.1. The summed E-state index contributed by atoms with van der Waals surface area (Å²) in [5.41, 5.74) is 0.348. The number of hydrogen-bond donors (Lipinski definition) is 0. The van der Waals surface area contributed by atoms with E-state index >= 15 is 0 Å². The molecule has 2 aromatic rings. The van der Waals surface area contributed by atoms with Gasteiger partial charge in [-0.05, 0) is 30.7 Å². The Morgan fingerprint density at radius 2 is 1.80 bits per heavy atom. The molecule has 0 N–H and O–H groups in total. The van der Waals surface area contributed by atoms with Gasteiger partial charge in [-0.25, -0.2) is 0 Å². The zero-order chi connectivity index (χ0) is 14.8. The maximum absolute atomic E-state index is 12.1. The maximum Gasteiger partial charge on any atom is 0.339 e. The molecule has 0 saturated carbocycles. The molecular weight excluding hydrogens is 282 g/mol. The lowest BCUT2D eigenvalue weighted by Crippen LogP contribution is -2.11. The van der Waals surface area contributed by atoms with Crippen molar-refractivity contribution in [3.63, 3.8) is 0 Å². The van der Waals surface area contributed by atoms with Gasteiger partial charge in [0.05, 0.1) is 4.92 Å². The third-order valence-corrected chi connectivity index (χ3v) is 3.77. The first-order valence-electron chi connectivity index (χ1n) is 5.65. The molecule has 7 heteroatoms. The predicted molar refractivity (Wildman–Crippen MR) is 72.1 cm³/mol. The molecule has 0 aliphatic carbocycles. The predicted octanol–water partition coefficient (Wildman–Crippen LogP) is 2.67. The Hall–Kier alpha value is -2.41. The summed E-state index contributed by atoms with van der Waals surface area (Å²) in [7, 11) is -4.10. The summed E-state index contributed by atoms with van der Waals surface area (Å²) in [5, 5.41) is 10.8. The van der Waals surface area contributed by atoms with Crippen LogP contribution in [0.5, 0.6) is 5.75 Å². The van der Waals surface area contributed by atoms with Crippen molar-refractivity contribution in [3.05, 3.63) is 64.2 Å². The molecular formula is C13H11NO5S. The maximum atomic E-state index is 12.1. The SMILES string of the molecule is Cc1cccc(S(=O)(=O)Oc2ccccc2[N+](=O)[O-])c1. The van der Waals surface area contributed by atoms with Crippen molar-refractivity contribution < 1.29 is 17.5 Å². The lowest BCUT2D eigenvalue weighted by atomic mass is 10.2. The van der Waals surface area contributed by atoms with Crippen molar-refractivity contribution in [1.29, 1.82) is 0 Å². The number of hydrogen-bond acceptors (Lipinski definition) is 5. The molecule has 0 unspecified atom stereocenters. The van der Waals surface area contributed by atoms with Gasteiger partial charge in [-0.3, -0.25) is 10.1 Å². The lowest BCUT2D eigenvalue weighted by molar-refractivity contribution is -0.385. The number of nitro benzene ring substituents is 1. The molecule has 0 saturated heterocycles. The molecule has 0 heterocycles. The Kier molecular flexibility index (Phi) is 3.71. The van der Waals surface area contributed by atoms with Gasteiger partial charge in [-0.1, -0.05) is 24.3 Å². The minimum absolute atomic E-state index is 0.0457. The molecule has 0 spiro atoms. The summed E-state index contributed by atoms with van der Waals surface area (Å²) < 4.78 is 29.0. The van der Waals surface area contributed by atoms with Gasteiger partial charge < -0.3 is 4.18 Å².